The number of likely N-dealkylation sites (tertiary alicyclic amines) is 1. The molecular weight excluding hydrogens is 412 g/mol. The van der Waals surface area contributed by atoms with Crippen molar-refractivity contribution in [3.05, 3.63) is 65.9 Å². The van der Waals surface area contributed by atoms with Crippen LogP contribution in [0, 0.1) is 0 Å². The van der Waals surface area contributed by atoms with Crippen molar-refractivity contribution in [2.75, 3.05) is 19.6 Å². The molecule has 1 aromatic heterocycles. The number of aromatic nitrogens is 1. The summed E-state index contributed by atoms with van der Waals surface area (Å²) in [5.41, 5.74) is 3.05. The number of aliphatic imine (C=N–C) groups is 1. The molecule has 5 rings (SSSR count). The number of hydrogen-bond donors (Lipinski definition) is 2. The summed E-state index contributed by atoms with van der Waals surface area (Å²) in [4.78, 5) is 22.5. The van der Waals surface area contributed by atoms with Gasteiger partial charge in [0.15, 0.2) is 0 Å². The van der Waals surface area contributed by atoms with Crippen LogP contribution < -0.4 is 4.72 Å². The summed E-state index contributed by atoms with van der Waals surface area (Å²) >= 11 is 0. The minimum Gasteiger partial charge on any atom is -0.361 e. The van der Waals surface area contributed by atoms with E-state index in [1.807, 2.05) is 11.0 Å². The van der Waals surface area contributed by atoms with E-state index in [-0.39, 0.29) is 23.8 Å². The Morgan fingerprint density at radius 3 is 2.65 bits per heavy atom. The maximum Gasteiger partial charge on any atom is 0.263 e. The van der Waals surface area contributed by atoms with E-state index < -0.39 is 10.0 Å². The molecule has 0 atom stereocenters. The predicted molar refractivity (Wildman–Crippen MR) is 120 cm³/mol. The second-order valence-electron chi connectivity index (χ2n) is 8.03. The van der Waals surface area contributed by atoms with Crippen molar-refractivity contribution < 1.29 is 13.2 Å². The predicted octanol–water partition coefficient (Wildman–Crippen LogP) is 3.00. The van der Waals surface area contributed by atoms with Gasteiger partial charge in [-0.1, -0.05) is 30.3 Å². The summed E-state index contributed by atoms with van der Waals surface area (Å²) in [5.74, 6) is 0.835. The molecule has 2 N–H and O–H groups in total. The smallest absolute Gasteiger partial charge is 0.263 e. The quantitative estimate of drug-likeness (QED) is 0.658. The molecule has 0 aliphatic carbocycles. The van der Waals surface area contributed by atoms with Crippen LogP contribution in [0.1, 0.15) is 36.3 Å². The topological polar surface area (TPSA) is 94.6 Å². The van der Waals surface area contributed by atoms with Crippen molar-refractivity contribution >= 4 is 32.7 Å². The summed E-state index contributed by atoms with van der Waals surface area (Å²) in [6.45, 7) is 1.72. The summed E-state index contributed by atoms with van der Waals surface area (Å²) in [5, 5.41) is 1.27. The Morgan fingerprint density at radius 2 is 1.81 bits per heavy atom. The molecule has 0 bridgehead atoms. The van der Waals surface area contributed by atoms with E-state index in [0.29, 0.717) is 17.3 Å². The first-order chi connectivity index (χ1) is 15.0. The van der Waals surface area contributed by atoms with Gasteiger partial charge in [0.1, 0.15) is 5.84 Å². The number of nitrogens with zero attached hydrogens (tertiary/aromatic N) is 2. The summed E-state index contributed by atoms with van der Waals surface area (Å²) < 4.78 is 26.8. The van der Waals surface area contributed by atoms with E-state index in [1.165, 1.54) is 10.9 Å². The molecule has 0 unspecified atom stereocenters. The zero-order chi connectivity index (χ0) is 21.4. The Kier molecular flexibility index (Phi) is 5.02. The number of benzene rings is 2. The number of nitrogens with one attached hydrogen (secondary N) is 2. The van der Waals surface area contributed by atoms with Crippen molar-refractivity contribution in [1.82, 2.24) is 14.6 Å². The van der Waals surface area contributed by atoms with Gasteiger partial charge in [-0.25, -0.2) is 8.42 Å². The molecule has 7 nitrogen and oxygen atoms in total. The third-order valence-electron chi connectivity index (χ3n) is 6.17. The number of aromatic amines is 1. The summed E-state index contributed by atoms with van der Waals surface area (Å²) in [6, 6.07) is 15.1. The van der Waals surface area contributed by atoms with Gasteiger partial charge in [-0.2, -0.15) is 0 Å². The van der Waals surface area contributed by atoms with Crippen LogP contribution in [0.5, 0.6) is 0 Å². The lowest BCUT2D eigenvalue weighted by Crippen LogP contribution is -2.38. The molecule has 0 saturated carbocycles. The number of carbonyl (C=O) groups is 1. The molecule has 1 saturated heterocycles. The average Bonchev–Trinajstić information content (AvgIpc) is 3.33. The minimum atomic E-state index is -3.55. The molecule has 3 heterocycles. The fraction of sp³-hybridized carbons (Fsp3) is 0.304. The van der Waals surface area contributed by atoms with Crippen LogP contribution in [-0.4, -0.2) is 49.7 Å². The zero-order valence-electron chi connectivity index (χ0n) is 17.0. The Morgan fingerprint density at radius 1 is 1.06 bits per heavy atom. The molecule has 0 spiro atoms. The number of piperidine rings is 1. The Balaban J connectivity index is 1.18. The van der Waals surface area contributed by atoms with E-state index in [4.69, 9.17) is 0 Å². The first-order valence-corrected chi connectivity index (χ1v) is 12.0. The lowest BCUT2D eigenvalue weighted by molar-refractivity contribution is -0.132. The lowest BCUT2D eigenvalue weighted by Gasteiger charge is -2.32. The van der Waals surface area contributed by atoms with Crippen LogP contribution >= 0.6 is 0 Å². The van der Waals surface area contributed by atoms with Gasteiger partial charge in [-0.05, 0) is 42.5 Å². The largest absolute Gasteiger partial charge is 0.361 e. The number of rotatable bonds is 4. The van der Waals surface area contributed by atoms with E-state index in [9.17, 15) is 13.2 Å². The van der Waals surface area contributed by atoms with E-state index in [1.54, 1.807) is 24.3 Å². The molecule has 1 fully saturated rings. The number of para-hydroxylation sites is 1. The van der Waals surface area contributed by atoms with Crippen molar-refractivity contribution in [3.8, 4) is 0 Å². The van der Waals surface area contributed by atoms with Crippen LogP contribution in [0.25, 0.3) is 10.9 Å². The van der Waals surface area contributed by atoms with Gasteiger partial charge >= 0.3 is 0 Å². The van der Waals surface area contributed by atoms with Crippen molar-refractivity contribution in [1.29, 1.82) is 0 Å². The molecule has 8 heteroatoms. The Hall–Kier alpha value is -3.13. The fourth-order valence-corrected chi connectivity index (χ4v) is 5.80. The van der Waals surface area contributed by atoms with Crippen molar-refractivity contribution in [2.45, 2.75) is 30.1 Å². The van der Waals surface area contributed by atoms with Crippen LogP contribution in [0.2, 0.25) is 0 Å². The van der Waals surface area contributed by atoms with Crippen molar-refractivity contribution in [3.63, 3.8) is 0 Å². The van der Waals surface area contributed by atoms with Crippen LogP contribution in [-0.2, 0) is 14.8 Å². The molecule has 2 aliphatic heterocycles. The van der Waals surface area contributed by atoms with E-state index >= 15 is 0 Å². The highest BCUT2D eigenvalue weighted by Crippen LogP contribution is 2.33. The van der Waals surface area contributed by atoms with Gasteiger partial charge < -0.3 is 9.88 Å². The number of fused-ring (bicyclic) bond motifs is 2. The second-order valence-corrected chi connectivity index (χ2v) is 9.68. The summed E-state index contributed by atoms with van der Waals surface area (Å²) in [6.07, 6.45) is 4.25. The Bertz CT molecular complexity index is 1270. The normalized spacial score (nSPS) is 19.5. The van der Waals surface area contributed by atoms with Gasteiger partial charge in [-0.3, -0.25) is 14.5 Å². The fourth-order valence-electron chi connectivity index (χ4n) is 4.54. The number of sulfonamides is 1. The maximum absolute atomic E-state index is 12.7. The van der Waals surface area contributed by atoms with Crippen molar-refractivity contribution in [2.24, 2.45) is 4.99 Å². The molecule has 160 valence electrons. The van der Waals surface area contributed by atoms with Crippen LogP contribution in [0.15, 0.2) is 64.6 Å². The maximum atomic E-state index is 12.7. The van der Waals surface area contributed by atoms with Gasteiger partial charge in [0.25, 0.3) is 10.0 Å². The van der Waals surface area contributed by atoms with Gasteiger partial charge in [-0.15, -0.1) is 0 Å². The monoisotopic (exact) mass is 436 g/mol. The van der Waals surface area contributed by atoms with Crippen LogP contribution in [0.4, 0.5) is 0 Å². The minimum absolute atomic E-state index is 0.0656. The highest BCUT2D eigenvalue weighted by molar-refractivity contribution is 7.90. The summed E-state index contributed by atoms with van der Waals surface area (Å²) in [7, 11) is -3.55. The average molecular weight is 437 g/mol. The lowest BCUT2D eigenvalue weighted by atomic mass is 9.89. The highest BCUT2D eigenvalue weighted by Gasteiger charge is 2.30. The molecule has 1 amide bonds. The number of H-pyrrole nitrogens is 1. The van der Waals surface area contributed by atoms with Gasteiger partial charge in [0.2, 0.25) is 5.91 Å². The molecule has 2 aromatic carbocycles. The number of amides is 1. The second kappa shape index (κ2) is 7.85. The molecule has 3 aromatic rings. The third-order valence-corrected chi connectivity index (χ3v) is 7.56. The zero-order valence-corrected chi connectivity index (χ0v) is 17.9. The van der Waals surface area contributed by atoms with E-state index in [2.05, 4.69) is 39.1 Å². The molecular formula is C23H24N4O3S. The third kappa shape index (κ3) is 3.72. The first kappa shape index (κ1) is 19.8. The van der Waals surface area contributed by atoms with E-state index in [0.717, 1.165) is 31.4 Å². The number of hydrogen-bond acceptors (Lipinski definition) is 4. The number of amidine groups is 1. The van der Waals surface area contributed by atoms with Crippen LogP contribution in [0.3, 0.4) is 0 Å². The number of carbonyl (C=O) groups excluding carboxylic acids is 1. The molecule has 2 aliphatic rings. The molecule has 0 radical (unpaired) electrons. The Labute approximate surface area is 181 Å². The molecule has 31 heavy (non-hydrogen) atoms. The standard InChI is InChI=1S/C23H24N4O3S/c28-22(9-12-24-23-18-6-2-4-8-21(18)31(29,30)26-23)27-13-10-16(11-14-27)19-15-25-20-7-3-1-5-17(19)20/h1-8,15-16,25H,9-14H2,(H,24,26). The SMILES string of the molecule is O=C(CCN=C1NS(=O)(=O)c2ccccc21)N1CCC(c2c[nH]c3ccccc23)CC1. The van der Waals surface area contributed by atoms with Gasteiger partial charge in [0.05, 0.1) is 11.4 Å². The highest BCUT2D eigenvalue weighted by atomic mass is 32.2. The van der Waals surface area contributed by atoms with Gasteiger partial charge in [0, 0.05) is 42.2 Å². The first-order valence-electron chi connectivity index (χ1n) is 10.5.